The van der Waals surface area contributed by atoms with Crippen molar-refractivity contribution in [3.05, 3.63) is 60.6 Å². The Labute approximate surface area is 142 Å². The predicted octanol–water partition coefficient (Wildman–Crippen LogP) is 1.62. The van der Waals surface area contributed by atoms with E-state index in [1.54, 1.807) is 0 Å². The Morgan fingerprint density at radius 2 is 1.87 bits per heavy atom. The minimum atomic E-state index is 0.302. The molecule has 0 amide bonds. The van der Waals surface area contributed by atoms with Crippen molar-refractivity contribution >= 4 is 35.3 Å². The molecule has 0 unspecified atom stereocenters. The molecule has 23 heavy (non-hydrogen) atoms. The first-order valence-corrected chi connectivity index (χ1v) is 9.32. The topological polar surface area (TPSA) is 20.0 Å². The molecular weight excluding hydrogens is 349 g/mol. The minimum absolute atomic E-state index is 0.302. The zero-order valence-corrected chi connectivity index (χ0v) is 15.2. The van der Waals surface area contributed by atoms with E-state index in [0.717, 1.165) is 0 Å². The fourth-order valence-electron chi connectivity index (χ4n) is 3.11. The number of nitrogens with zero attached hydrogens (tertiary/aromatic N) is 3. The molecule has 114 valence electrons. The van der Waals surface area contributed by atoms with Crippen LogP contribution in [-0.2, 0) is 7.05 Å². The summed E-state index contributed by atoms with van der Waals surface area (Å²) < 4.78 is 5.01. The van der Waals surface area contributed by atoms with Crippen molar-refractivity contribution < 1.29 is 4.57 Å². The van der Waals surface area contributed by atoms with Crippen molar-refractivity contribution in [2.24, 2.45) is 7.05 Å². The van der Waals surface area contributed by atoms with Crippen LogP contribution in [0.3, 0.4) is 0 Å². The molecule has 3 aromatic rings. The summed E-state index contributed by atoms with van der Waals surface area (Å²) >= 11 is 0.302. The van der Waals surface area contributed by atoms with Gasteiger partial charge in [0.05, 0.1) is 0 Å². The second kappa shape index (κ2) is 5.48. The molecule has 0 radical (unpaired) electrons. The summed E-state index contributed by atoms with van der Waals surface area (Å²) in [6, 6.07) is 15.3. The van der Waals surface area contributed by atoms with E-state index in [-0.39, 0.29) is 0 Å². The molecule has 3 nitrogen and oxygen atoms in total. The van der Waals surface area contributed by atoms with E-state index in [1.807, 2.05) is 12.5 Å². The van der Waals surface area contributed by atoms with E-state index in [0.29, 0.717) is 15.0 Å². The number of benzene rings is 2. The third-order valence-electron chi connectivity index (χ3n) is 4.34. The van der Waals surface area contributed by atoms with Crippen molar-refractivity contribution in [3.63, 3.8) is 0 Å². The second-order valence-corrected chi connectivity index (χ2v) is 8.02. The molecule has 0 spiro atoms. The number of para-hydroxylation sites is 1. The number of fused-ring (bicyclic) bond motifs is 2. The van der Waals surface area contributed by atoms with Crippen LogP contribution in [0.2, 0.25) is 0 Å². The summed E-state index contributed by atoms with van der Waals surface area (Å²) in [4.78, 5) is 6.54. The number of hydrogen-bond acceptors (Lipinski definition) is 2. The molecule has 0 saturated heterocycles. The van der Waals surface area contributed by atoms with Gasteiger partial charge in [-0.1, -0.05) is 0 Å². The third-order valence-corrected chi connectivity index (χ3v) is 6.82. The fraction of sp³-hybridized carbons (Fsp3) is 0.158. The Bertz CT molecular complexity index is 905. The molecule has 4 rings (SSSR count). The van der Waals surface area contributed by atoms with Gasteiger partial charge in [-0.2, -0.15) is 0 Å². The van der Waals surface area contributed by atoms with E-state index in [1.165, 1.54) is 37.1 Å². The van der Waals surface area contributed by atoms with Gasteiger partial charge in [0.2, 0.25) is 0 Å². The Morgan fingerprint density at radius 1 is 1.04 bits per heavy atom. The van der Waals surface area contributed by atoms with Crippen molar-refractivity contribution in [3.8, 4) is 11.3 Å². The van der Waals surface area contributed by atoms with Crippen LogP contribution in [0, 0.1) is 6.92 Å². The van der Waals surface area contributed by atoms with Gasteiger partial charge in [-0.15, -0.1) is 0 Å². The Hall–Kier alpha value is -2.16. The maximum atomic E-state index is 4.22. The molecule has 1 aromatic heterocycles. The summed E-state index contributed by atoms with van der Waals surface area (Å²) in [7, 11) is 4.23. The summed E-state index contributed by atoms with van der Waals surface area (Å²) in [5.41, 5.74) is 6.55. The quantitative estimate of drug-likeness (QED) is 0.481. The van der Waals surface area contributed by atoms with Gasteiger partial charge >= 0.3 is 143 Å². The number of hydrogen-bond donors (Lipinski definition) is 0. The zero-order valence-electron chi connectivity index (χ0n) is 13.4. The van der Waals surface area contributed by atoms with Crippen LogP contribution in [0.4, 0.5) is 11.4 Å². The van der Waals surface area contributed by atoms with E-state index < -0.39 is 0 Å². The second-order valence-electron chi connectivity index (χ2n) is 5.81. The van der Waals surface area contributed by atoms with E-state index in [2.05, 4.69) is 77.9 Å². The summed E-state index contributed by atoms with van der Waals surface area (Å²) in [6.45, 7) is 2.20. The number of rotatable bonds is 1. The Kier molecular flexibility index (Phi) is 3.44. The molecule has 0 aliphatic carbocycles. The molecule has 2 heterocycles. The molecule has 1 aliphatic heterocycles. The van der Waals surface area contributed by atoms with Crippen LogP contribution in [0.5, 0.6) is 0 Å². The molecular formula is C19H18N3Se+. The van der Waals surface area contributed by atoms with Gasteiger partial charge in [0.15, 0.2) is 0 Å². The SMILES string of the molecule is Cc1ccc2c(c1-c1ccnc[n+]1C)[Se]c1ccccc1N2C. The molecule has 0 saturated carbocycles. The van der Waals surface area contributed by atoms with Crippen LogP contribution >= 0.6 is 0 Å². The van der Waals surface area contributed by atoms with Gasteiger partial charge in [-0.05, 0) is 0 Å². The standard InChI is InChI=1S/C19H18N3Se/c1-13-8-9-16-19(18(13)15-10-11-20-12-21(15)2)23-17-7-5-4-6-14(17)22(16)3/h4-12H,1-3H3/q+1. The molecule has 0 fully saturated rings. The average Bonchev–Trinajstić information content (AvgIpc) is 2.56. The Balaban J connectivity index is 1.98. The van der Waals surface area contributed by atoms with Crippen LogP contribution < -0.4 is 18.4 Å². The van der Waals surface area contributed by atoms with Gasteiger partial charge in [-0.3, -0.25) is 0 Å². The normalized spacial score (nSPS) is 12.7. The molecule has 1 aliphatic rings. The number of aromatic nitrogens is 2. The molecule has 0 bridgehead atoms. The third kappa shape index (κ3) is 2.26. The monoisotopic (exact) mass is 368 g/mol. The first-order chi connectivity index (χ1) is 11.2. The number of anilines is 2. The maximum absolute atomic E-state index is 4.22. The zero-order chi connectivity index (χ0) is 16.0. The van der Waals surface area contributed by atoms with E-state index >= 15 is 0 Å². The Morgan fingerprint density at radius 3 is 2.70 bits per heavy atom. The fourth-order valence-corrected chi connectivity index (χ4v) is 5.95. The number of aryl methyl sites for hydroxylation is 2. The average molecular weight is 367 g/mol. The predicted molar refractivity (Wildman–Crippen MR) is 95.1 cm³/mol. The van der Waals surface area contributed by atoms with Crippen molar-refractivity contribution in [1.82, 2.24) is 4.98 Å². The summed E-state index contributed by atoms with van der Waals surface area (Å²) in [6.07, 6.45) is 3.75. The van der Waals surface area contributed by atoms with Crippen LogP contribution in [0.1, 0.15) is 5.56 Å². The molecule has 0 N–H and O–H groups in total. The van der Waals surface area contributed by atoms with Crippen LogP contribution in [0.15, 0.2) is 55.0 Å². The van der Waals surface area contributed by atoms with Gasteiger partial charge in [0, 0.05) is 0 Å². The van der Waals surface area contributed by atoms with Gasteiger partial charge < -0.3 is 0 Å². The van der Waals surface area contributed by atoms with Crippen molar-refractivity contribution in [2.45, 2.75) is 6.92 Å². The van der Waals surface area contributed by atoms with Gasteiger partial charge in [0.1, 0.15) is 0 Å². The van der Waals surface area contributed by atoms with Gasteiger partial charge in [0.25, 0.3) is 0 Å². The first-order valence-electron chi connectivity index (χ1n) is 7.61. The molecule has 2 aromatic carbocycles. The molecule has 4 heteroatoms. The van der Waals surface area contributed by atoms with Crippen molar-refractivity contribution in [2.75, 3.05) is 11.9 Å². The van der Waals surface area contributed by atoms with E-state index in [4.69, 9.17) is 0 Å². The molecule has 0 atom stereocenters. The van der Waals surface area contributed by atoms with Crippen LogP contribution in [-0.4, -0.2) is 27.0 Å². The van der Waals surface area contributed by atoms with Crippen LogP contribution in [0.25, 0.3) is 11.3 Å². The van der Waals surface area contributed by atoms with Crippen molar-refractivity contribution in [1.29, 1.82) is 0 Å². The first kappa shape index (κ1) is 14.4. The summed E-state index contributed by atoms with van der Waals surface area (Å²) in [5, 5.41) is 0. The van der Waals surface area contributed by atoms with E-state index in [9.17, 15) is 0 Å². The van der Waals surface area contributed by atoms with Gasteiger partial charge in [-0.25, -0.2) is 0 Å². The summed E-state index contributed by atoms with van der Waals surface area (Å²) in [5.74, 6) is 0.